The van der Waals surface area contributed by atoms with E-state index in [2.05, 4.69) is 62.7 Å². The lowest BCUT2D eigenvalue weighted by Gasteiger charge is -2.35. The molecule has 2 aliphatic rings. The summed E-state index contributed by atoms with van der Waals surface area (Å²) in [6, 6.07) is 13.4. The van der Waals surface area contributed by atoms with Crippen molar-refractivity contribution in [2.45, 2.75) is 31.8 Å². The smallest absolute Gasteiger partial charge is 0.191 e. The Morgan fingerprint density at radius 3 is 2.22 bits per heavy atom. The fourth-order valence-corrected chi connectivity index (χ4v) is 4.69. The van der Waals surface area contributed by atoms with Gasteiger partial charge in [-0.3, -0.25) is 14.8 Å². The summed E-state index contributed by atoms with van der Waals surface area (Å²) < 4.78 is 11.3. The Bertz CT molecular complexity index is 825. The molecule has 2 aromatic rings. The van der Waals surface area contributed by atoms with Gasteiger partial charge in [0.2, 0.25) is 0 Å². The minimum Gasteiger partial charge on any atom is -0.468 e. The van der Waals surface area contributed by atoms with Crippen LogP contribution in [0.25, 0.3) is 0 Å². The molecule has 0 bridgehead atoms. The second kappa shape index (κ2) is 11.5. The third-order valence-electron chi connectivity index (χ3n) is 6.55. The summed E-state index contributed by atoms with van der Waals surface area (Å²) in [5.41, 5.74) is 2.61. The molecule has 1 aromatic carbocycles. The van der Waals surface area contributed by atoms with Gasteiger partial charge < -0.3 is 19.8 Å². The summed E-state index contributed by atoms with van der Waals surface area (Å²) in [5.74, 6) is 1.84. The van der Waals surface area contributed by atoms with Crippen molar-refractivity contribution < 1.29 is 9.15 Å². The van der Waals surface area contributed by atoms with E-state index in [0.717, 1.165) is 64.2 Å². The van der Waals surface area contributed by atoms with E-state index >= 15 is 0 Å². The first-order valence-electron chi connectivity index (χ1n) is 11.8. The van der Waals surface area contributed by atoms with Crippen LogP contribution in [0.2, 0.25) is 0 Å². The Kier molecular flexibility index (Phi) is 8.20. The largest absolute Gasteiger partial charge is 0.468 e. The van der Waals surface area contributed by atoms with Crippen LogP contribution in [0.3, 0.4) is 0 Å². The molecule has 2 saturated heterocycles. The molecule has 0 spiro atoms. The summed E-state index contributed by atoms with van der Waals surface area (Å²) in [4.78, 5) is 9.50. The summed E-state index contributed by atoms with van der Waals surface area (Å²) in [6.45, 7) is 9.39. The zero-order valence-corrected chi connectivity index (χ0v) is 19.4. The van der Waals surface area contributed by atoms with Gasteiger partial charge in [-0.2, -0.15) is 0 Å². The summed E-state index contributed by atoms with van der Waals surface area (Å²) in [5, 5.41) is 7.13. The van der Waals surface area contributed by atoms with Gasteiger partial charge >= 0.3 is 0 Å². The predicted molar refractivity (Wildman–Crippen MR) is 128 cm³/mol. The maximum atomic E-state index is 5.76. The highest BCUT2D eigenvalue weighted by atomic mass is 16.5. The van der Waals surface area contributed by atoms with Crippen LogP contribution >= 0.6 is 0 Å². The van der Waals surface area contributed by atoms with Crippen molar-refractivity contribution >= 4 is 5.96 Å². The quantitative estimate of drug-likeness (QED) is 0.487. The SMILES string of the molecule is CN=C(NCC(c1ccc(C)cc1)N1CCOCC1)NCC(c1ccco1)N1CCCC1. The van der Waals surface area contributed by atoms with Crippen molar-refractivity contribution in [3.63, 3.8) is 0 Å². The van der Waals surface area contributed by atoms with Crippen LogP contribution in [-0.2, 0) is 4.74 Å². The summed E-state index contributed by atoms with van der Waals surface area (Å²) in [7, 11) is 1.84. The van der Waals surface area contributed by atoms with E-state index in [4.69, 9.17) is 9.15 Å². The number of benzene rings is 1. The number of aliphatic imine (C=N–C) groups is 1. The number of furan rings is 1. The first-order valence-corrected chi connectivity index (χ1v) is 11.8. The number of nitrogens with one attached hydrogen (secondary N) is 2. The zero-order chi connectivity index (χ0) is 22.2. The molecule has 2 fully saturated rings. The van der Waals surface area contributed by atoms with Crippen molar-refractivity contribution in [3.05, 3.63) is 59.5 Å². The van der Waals surface area contributed by atoms with E-state index < -0.39 is 0 Å². The molecule has 0 aliphatic carbocycles. The maximum absolute atomic E-state index is 5.76. The minimum absolute atomic E-state index is 0.221. The maximum Gasteiger partial charge on any atom is 0.191 e. The van der Waals surface area contributed by atoms with Gasteiger partial charge in [-0.25, -0.2) is 0 Å². The molecule has 2 N–H and O–H groups in total. The number of guanidine groups is 1. The van der Waals surface area contributed by atoms with E-state index in [1.54, 1.807) is 6.26 Å². The number of nitrogens with zero attached hydrogens (tertiary/aromatic N) is 3. The van der Waals surface area contributed by atoms with Crippen LogP contribution in [0, 0.1) is 6.92 Å². The number of morpholine rings is 1. The third-order valence-corrected chi connectivity index (χ3v) is 6.55. The van der Waals surface area contributed by atoms with Crippen LogP contribution in [0.5, 0.6) is 0 Å². The first-order chi connectivity index (χ1) is 15.7. The molecule has 7 nitrogen and oxygen atoms in total. The number of ether oxygens (including phenoxy) is 1. The molecule has 0 saturated carbocycles. The highest BCUT2D eigenvalue weighted by Crippen LogP contribution is 2.25. The van der Waals surface area contributed by atoms with E-state index in [9.17, 15) is 0 Å². The average Bonchev–Trinajstić information content (AvgIpc) is 3.55. The van der Waals surface area contributed by atoms with E-state index in [-0.39, 0.29) is 12.1 Å². The van der Waals surface area contributed by atoms with Crippen molar-refractivity contribution in [2.75, 3.05) is 59.5 Å². The molecule has 3 heterocycles. The summed E-state index contributed by atoms with van der Waals surface area (Å²) in [6.07, 6.45) is 4.27. The minimum atomic E-state index is 0.221. The molecule has 0 amide bonds. The Balaban J connectivity index is 1.39. The number of hydrogen-bond donors (Lipinski definition) is 2. The number of likely N-dealkylation sites (tertiary alicyclic amines) is 1. The van der Waals surface area contributed by atoms with Gasteiger partial charge in [0.1, 0.15) is 5.76 Å². The van der Waals surface area contributed by atoms with E-state index in [1.165, 1.54) is 24.0 Å². The monoisotopic (exact) mass is 439 g/mol. The number of hydrogen-bond acceptors (Lipinski definition) is 5. The normalized spacial score (nSPS) is 20.2. The Morgan fingerprint density at radius 2 is 1.59 bits per heavy atom. The van der Waals surface area contributed by atoms with Crippen LogP contribution in [0.4, 0.5) is 0 Å². The van der Waals surface area contributed by atoms with Crippen LogP contribution in [0.15, 0.2) is 52.1 Å². The molecular formula is C25H37N5O2. The molecule has 2 atom stereocenters. The van der Waals surface area contributed by atoms with Crippen LogP contribution in [0.1, 0.15) is 41.8 Å². The molecule has 1 aromatic heterocycles. The number of aryl methyl sites for hydroxylation is 1. The molecule has 32 heavy (non-hydrogen) atoms. The van der Waals surface area contributed by atoms with Gasteiger partial charge in [-0.05, 0) is 50.6 Å². The third kappa shape index (κ3) is 5.91. The van der Waals surface area contributed by atoms with Crippen molar-refractivity contribution in [1.29, 1.82) is 0 Å². The first kappa shape index (κ1) is 22.8. The van der Waals surface area contributed by atoms with E-state index in [0.29, 0.717) is 0 Å². The molecule has 4 rings (SSSR count). The molecule has 2 unspecified atom stereocenters. The number of rotatable bonds is 8. The Labute approximate surface area is 191 Å². The lowest BCUT2D eigenvalue weighted by molar-refractivity contribution is 0.0170. The lowest BCUT2D eigenvalue weighted by atomic mass is 10.0. The lowest BCUT2D eigenvalue weighted by Crippen LogP contribution is -2.47. The molecule has 174 valence electrons. The Hall–Kier alpha value is -2.35. The second-order valence-electron chi connectivity index (χ2n) is 8.68. The highest BCUT2D eigenvalue weighted by Gasteiger charge is 2.26. The average molecular weight is 440 g/mol. The Morgan fingerprint density at radius 1 is 0.938 bits per heavy atom. The standard InChI is InChI=1S/C25H37N5O2/c1-20-7-9-21(10-8-20)22(30-13-16-31-17-14-30)18-27-25(26-2)28-19-23(24-6-5-15-32-24)29-11-3-4-12-29/h5-10,15,22-23H,3-4,11-14,16-19H2,1-2H3,(H2,26,27,28). The predicted octanol–water partition coefficient (Wildman–Crippen LogP) is 2.96. The molecule has 7 heteroatoms. The van der Waals surface area contributed by atoms with Crippen molar-refractivity contribution in [1.82, 2.24) is 20.4 Å². The van der Waals surface area contributed by atoms with Gasteiger partial charge in [-0.15, -0.1) is 0 Å². The van der Waals surface area contributed by atoms with Gasteiger partial charge in [0.25, 0.3) is 0 Å². The van der Waals surface area contributed by atoms with Gasteiger partial charge in [0.05, 0.1) is 31.6 Å². The highest BCUT2D eigenvalue weighted by molar-refractivity contribution is 5.79. The molecule has 0 radical (unpaired) electrons. The van der Waals surface area contributed by atoms with E-state index in [1.807, 2.05) is 13.1 Å². The summed E-state index contributed by atoms with van der Waals surface area (Å²) >= 11 is 0. The fourth-order valence-electron chi connectivity index (χ4n) is 4.69. The van der Waals surface area contributed by atoms with Gasteiger partial charge in [0, 0.05) is 33.2 Å². The molecule has 2 aliphatic heterocycles. The van der Waals surface area contributed by atoms with Gasteiger partial charge in [-0.1, -0.05) is 29.8 Å². The fraction of sp³-hybridized carbons (Fsp3) is 0.560. The topological polar surface area (TPSA) is 65.3 Å². The van der Waals surface area contributed by atoms with Crippen LogP contribution in [-0.4, -0.2) is 75.3 Å². The van der Waals surface area contributed by atoms with Crippen molar-refractivity contribution in [2.24, 2.45) is 4.99 Å². The van der Waals surface area contributed by atoms with Crippen LogP contribution < -0.4 is 10.6 Å². The van der Waals surface area contributed by atoms with Crippen molar-refractivity contribution in [3.8, 4) is 0 Å². The molecular weight excluding hydrogens is 402 g/mol. The second-order valence-corrected chi connectivity index (χ2v) is 8.68. The zero-order valence-electron chi connectivity index (χ0n) is 19.4. The van der Waals surface area contributed by atoms with Gasteiger partial charge in [0.15, 0.2) is 5.96 Å².